The number of aromatic amines is 1. The van der Waals surface area contributed by atoms with Crippen LogP contribution in [0.1, 0.15) is 18.2 Å². The minimum Gasteiger partial charge on any atom is -0.304 e. The van der Waals surface area contributed by atoms with Crippen molar-refractivity contribution in [3.05, 3.63) is 11.3 Å². The first-order chi connectivity index (χ1) is 6.32. The van der Waals surface area contributed by atoms with Crippen molar-refractivity contribution in [2.45, 2.75) is 26.7 Å². The molecule has 0 atom stereocenters. The Morgan fingerprint density at radius 1 is 1.50 bits per heavy atom. The van der Waals surface area contributed by atoms with E-state index in [0.717, 1.165) is 5.69 Å². The van der Waals surface area contributed by atoms with Crippen LogP contribution in [-0.4, -0.2) is 22.0 Å². The Balaban J connectivity index is 2.80. The lowest BCUT2D eigenvalue weighted by molar-refractivity contribution is -0.137. The Labute approximate surface area is 79.7 Å². The maximum Gasteiger partial charge on any atom is 0.322 e. The van der Waals surface area contributed by atoms with Crippen molar-refractivity contribution >= 4 is 11.7 Å². The van der Waals surface area contributed by atoms with Gasteiger partial charge in [0.05, 0.1) is 0 Å². The van der Waals surface area contributed by atoms with Crippen LogP contribution in [0.5, 0.6) is 0 Å². The van der Waals surface area contributed by atoms with E-state index in [9.17, 15) is 13.6 Å². The predicted molar refractivity (Wildman–Crippen MR) is 47.3 cm³/mol. The zero-order valence-electron chi connectivity index (χ0n) is 8.11. The Bertz CT molecular complexity index is 354. The van der Waals surface area contributed by atoms with Crippen LogP contribution in [0.3, 0.4) is 0 Å². The number of carbonyl (C=O) groups is 1. The number of carbonyl (C=O) groups excluding carboxylic acids is 1. The molecule has 0 saturated carbocycles. The number of hydrogen-bond acceptors (Lipinski definition) is 2. The van der Waals surface area contributed by atoms with Crippen molar-refractivity contribution in [3.8, 4) is 0 Å². The van der Waals surface area contributed by atoms with Gasteiger partial charge in [-0.15, -0.1) is 0 Å². The smallest absolute Gasteiger partial charge is 0.304 e. The molecule has 2 N–H and O–H groups in total. The van der Waals surface area contributed by atoms with Crippen LogP contribution in [0.4, 0.5) is 14.6 Å². The second kappa shape index (κ2) is 3.36. The SMILES string of the molecule is Cc1[nH]nc(NC(=O)C(C)(F)F)c1C. The number of H-pyrrole nitrogens is 1. The molecule has 1 aromatic rings. The molecule has 6 heteroatoms. The molecule has 1 aromatic heterocycles. The van der Waals surface area contributed by atoms with Crippen LogP contribution < -0.4 is 5.32 Å². The molecule has 0 spiro atoms. The van der Waals surface area contributed by atoms with Gasteiger partial charge in [-0.3, -0.25) is 9.89 Å². The van der Waals surface area contributed by atoms with Crippen LogP contribution in [0, 0.1) is 13.8 Å². The summed E-state index contributed by atoms with van der Waals surface area (Å²) in [6, 6.07) is 0. The van der Waals surface area contributed by atoms with Gasteiger partial charge in [-0.1, -0.05) is 0 Å². The van der Waals surface area contributed by atoms with Gasteiger partial charge >= 0.3 is 5.92 Å². The van der Waals surface area contributed by atoms with E-state index in [4.69, 9.17) is 0 Å². The zero-order chi connectivity index (χ0) is 10.9. The summed E-state index contributed by atoms with van der Waals surface area (Å²) in [5.41, 5.74) is 1.39. The molecule has 0 aliphatic carbocycles. The third-order valence-corrected chi connectivity index (χ3v) is 1.88. The molecule has 1 heterocycles. The number of anilines is 1. The molecule has 0 aromatic carbocycles. The second-order valence-corrected chi connectivity index (χ2v) is 3.16. The van der Waals surface area contributed by atoms with E-state index in [0.29, 0.717) is 12.5 Å². The van der Waals surface area contributed by atoms with E-state index < -0.39 is 11.8 Å². The van der Waals surface area contributed by atoms with Gasteiger partial charge in [-0.05, 0) is 13.8 Å². The number of aromatic nitrogens is 2. The quantitative estimate of drug-likeness (QED) is 0.767. The summed E-state index contributed by atoms with van der Waals surface area (Å²) in [5, 5.41) is 8.30. The first-order valence-corrected chi connectivity index (χ1v) is 4.03. The number of halogens is 2. The van der Waals surface area contributed by atoms with E-state index >= 15 is 0 Å². The van der Waals surface area contributed by atoms with Gasteiger partial charge < -0.3 is 5.32 Å². The molecule has 1 amide bonds. The number of nitrogens with one attached hydrogen (secondary N) is 2. The number of rotatable bonds is 2. The number of hydrogen-bond donors (Lipinski definition) is 2. The van der Waals surface area contributed by atoms with E-state index in [1.807, 2.05) is 5.32 Å². The molecule has 0 aliphatic rings. The van der Waals surface area contributed by atoms with E-state index in [1.54, 1.807) is 13.8 Å². The molecule has 1 rings (SSSR count). The first kappa shape index (κ1) is 10.6. The summed E-state index contributed by atoms with van der Waals surface area (Å²) in [6.45, 7) is 3.96. The zero-order valence-corrected chi connectivity index (χ0v) is 8.11. The van der Waals surface area contributed by atoms with E-state index in [1.165, 1.54) is 0 Å². The molecule has 0 radical (unpaired) electrons. The lowest BCUT2D eigenvalue weighted by Gasteiger charge is -2.09. The van der Waals surface area contributed by atoms with Crippen molar-refractivity contribution in [1.29, 1.82) is 0 Å². The molecule has 0 bridgehead atoms. The fourth-order valence-corrected chi connectivity index (χ4v) is 0.824. The normalized spacial score (nSPS) is 11.5. The van der Waals surface area contributed by atoms with Gasteiger partial charge in [0.1, 0.15) is 0 Å². The fraction of sp³-hybridized carbons (Fsp3) is 0.500. The Morgan fingerprint density at radius 2 is 2.07 bits per heavy atom. The van der Waals surface area contributed by atoms with Crippen molar-refractivity contribution in [2.24, 2.45) is 0 Å². The van der Waals surface area contributed by atoms with Crippen molar-refractivity contribution in [1.82, 2.24) is 10.2 Å². The lowest BCUT2D eigenvalue weighted by Crippen LogP contribution is -2.31. The van der Waals surface area contributed by atoms with Gasteiger partial charge in [0.15, 0.2) is 5.82 Å². The van der Waals surface area contributed by atoms with Crippen LogP contribution in [-0.2, 0) is 4.79 Å². The topological polar surface area (TPSA) is 57.8 Å². The van der Waals surface area contributed by atoms with Gasteiger partial charge in [0, 0.05) is 18.2 Å². The molecule has 0 unspecified atom stereocenters. The molecular weight excluding hydrogens is 192 g/mol. The maximum absolute atomic E-state index is 12.5. The van der Waals surface area contributed by atoms with Crippen LogP contribution >= 0.6 is 0 Å². The Hall–Kier alpha value is -1.46. The molecular formula is C8H11F2N3O. The summed E-state index contributed by atoms with van der Waals surface area (Å²) in [4.78, 5) is 10.9. The summed E-state index contributed by atoms with van der Waals surface area (Å²) in [6.07, 6.45) is 0. The summed E-state index contributed by atoms with van der Waals surface area (Å²) in [7, 11) is 0. The van der Waals surface area contributed by atoms with Crippen LogP contribution in [0.2, 0.25) is 0 Å². The van der Waals surface area contributed by atoms with Gasteiger partial charge in [0.2, 0.25) is 0 Å². The van der Waals surface area contributed by atoms with Gasteiger partial charge in [-0.25, -0.2) is 0 Å². The lowest BCUT2D eigenvalue weighted by atomic mass is 10.2. The van der Waals surface area contributed by atoms with Crippen molar-refractivity contribution in [3.63, 3.8) is 0 Å². The third-order valence-electron chi connectivity index (χ3n) is 1.88. The molecule has 78 valence electrons. The van der Waals surface area contributed by atoms with E-state index in [-0.39, 0.29) is 5.82 Å². The number of amides is 1. The van der Waals surface area contributed by atoms with Crippen molar-refractivity contribution < 1.29 is 13.6 Å². The average Bonchev–Trinajstić information content (AvgIpc) is 2.34. The Kier molecular flexibility index (Phi) is 2.55. The minimum atomic E-state index is -3.39. The Morgan fingerprint density at radius 3 is 2.43 bits per heavy atom. The van der Waals surface area contributed by atoms with Crippen LogP contribution in [0.25, 0.3) is 0 Å². The largest absolute Gasteiger partial charge is 0.322 e. The predicted octanol–water partition coefficient (Wildman–Crippen LogP) is 1.62. The maximum atomic E-state index is 12.5. The molecule has 14 heavy (non-hydrogen) atoms. The standard InChI is InChI=1S/C8H11F2N3O/c1-4-5(2)12-13-6(4)11-7(14)8(3,9)10/h1-3H3,(H2,11,12,13,14). The number of aryl methyl sites for hydroxylation is 1. The minimum absolute atomic E-state index is 0.147. The van der Waals surface area contributed by atoms with Crippen LogP contribution in [0.15, 0.2) is 0 Å². The highest BCUT2D eigenvalue weighted by Crippen LogP contribution is 2.18. The number of nitrogens with zero attached hydrogens (tertiary/aromatic N) is 1. The molecule has 0 fully saturated rings. The van der Waals surface area contributed by atoms with Crippen molar-refractivity contribution in [2.75, 3.05) is 5.32 Å². The van der Waals surface area contributed by atoms with E-state index in [2.05, 4.69) is 10.2 Å². The third kappa shape index (κ3) is 2.07. The monoisotopic (exact) mass is 203 g/mol. The fourth-order valence-electron chi connectivity index (χ4n) is 0.824. The average molecular weight is 203 g/mol. The highest BCUT2D eigenvalue weighted by Gasteiger charge is 2.32. The highest BCUT2D eigenvalue weighted by atomic mass is 19.3. The first-order valence-electron chi connectivity index (χ1n) is 4.03. The summed E-state index contributed by atoms with van der Waals surface area (Å²) < 4.78 is 25.0. The molecule has 0 saturated heterocycles. The molecule has 4 nitrogen and oxygen atoms in total. The second-order valence-electron chi connectivity index (χ2n) is 3.16. The summed E-state index contributed by atoms with van der Waals surface area (Å²) >= 11 is 0. The van der Waals surface area contributed by atoms with Gasteiger partial charge in [0.25, 0.3) is 5.91 Å². The number of alkyl halides is 2. The highest BCUT2D eigenvalue weighted by molar-refractivity contribution is 5.95. The summed E-state index contributed by atoms with van der Waals surface area (Å²) in [5.74, 6) is -4.60. The van der Waals surface area contributed by atoms with Gasteiger partial charge in [-0.2, -0.15) is 13.9 Å². The molecule has 0 aliphatic heterocycles.